The summed E-state index contributed by atoms with van der Waals surface area (Å²) in [7, 11) is 1.79. The van der Waals surface area contributed by atoms with E-state index in [0.29, 0.717) is 32.6 Å². The van der Waals surface area contributed by atoms with Gasteiger partial charge in [-0.05, 0) is 18.1 Å². The molecule has 0 saturated carbocycles. The van der Waals surface area contributed by atoms with Crippen molar-refractivity contribution in [3.05, 3.63) is 71.8 Å². The summed E-state index contributed by atoms with van der Waals surface area (Å²) in [4.78, 5) is 46.1. The number of nitrogens with zero attached hydrogens (tertiary/aromatic N) is 4. The van der Waals surface area contributed by atoms with E-state index in [9.17, 15) is 14.4 Å². The lowest BCUT2D eigenvalue weighted by Crippen LogP contribution is -2.60. The van der Waals surface area contributed by atoms with E-state index in [1.54, 1.807) is 26.6 Å². The van der Waals surface area contributed by atoms with Crippen molar-refractivity contribution in [1.29, 1.82) is 0 Å². The van der Waals surface area contributed by atoms with E-state index >= 15 is 0 Å². The third kappa shape index (κ3) is 4.47. The van der Waals surface area contributed by atoms with Gasteiger partial charge in [-0.25, -0.2) is 4.79 Å². The predicted molar refractivity (Wildman–Crippen MR) is 122 cm³/mol. The third-order valence-electron chi connectivity index (χ3n) is 6.35. The van der Waals surface area contributed by atoms with Crippen LogP contribution in [-0.2, 0) is 22.6 Å². The normalized spacial score (nSPS) is 20.5. The molecule has 0 bridgehead atoms. The molecule has 2 aromatic carbocycles. The van der Waals surface area contributed by atoms with Crippen LogP contribution in [0.2, 0.25) is 0 Å². The van der Waals surface area contributed by atoms with E-state index in [0.717, 1.165) is 11.1 Å². The van der Waals surface area contributed by atoms with E-state index in [4.69, 9.17) is 0 Å². The van der Waals surface area contributed by atoms with Gasteiger partial charge >= 0.3 is 6.03 Å². The van der Waals surface area contributed by atoms with E-state index in [1.165, 1.54) is 0 Å². The maximum Gasteiger partial charge on any atom is 0.321 e. The van der Waals surface area contributed by atoms with Crippen molar-refractivity contribution in [2.75, 3.05) is 33.2 Å². The molecule has 0 aromatic heterocycles. The highest BCUT2D eigenvalue weighted by Gasteiger charge is 2.48. The number of likely N-dealkylation sites (N-methyl/N-ethyl adjacent to an activating group) is 2. The number of piperazine rings is 1. The molecule has 0 unspecified atom stereocenters. The largest absolute Gasteiger partial charge is 0.342 e. The Hall–Kier alpha value is -3.35. The first-order valence-electron chi connectivity index (χ1n) is 11.2. The van der Waals surface area contributed by atoms with Crippen LogP contribution < -0.4 is 0 Å². The molecule has 2 aliphatic heterocycles. The van der Waals surface area contributed by atoms with Crippen LogP contribution in [0.15, 0.2) is 60.7 Å². The molecule has 2 aromatic rings. The van der Waals surface area contributed by atoms with Crippen LogP contribution in [0.25, 0.3) is 0 Å². The molecule has 2 aliphatic rings. The molecule has 2 heterocycles. The highest BCUT2D eigenvalue weighted by molar-refractivity contribution is 5.92. The summed E-state index contributed by atoms with van der Waals surface area (Å²) in [5.41, 5.74) is 2.07. The van der Waals surface area contributed by atoms with Crippen LogP contribution in [0.1, 0.15) is 18.1 Å². The molecule has 4 rings (SSSR count). The van der Waals surface area contributed by atoms with Gasteiger partial charge in [0.1, 0.15) is 12.6 Å². The minimum Gasteiger partial charge on any atom is -0.342 e. The first-order valence-corrected chi connectivity index (χ1v) is 11.2. The summed E-state index contributed by atoms with van der Waals surface area (Å²) in [5, 5.41) is 0. The molecule has 0 radical (unpaired) electrons. The van der Waals surface area contributed by atoms with Gasteiger partial charge in [0.15, 0.2) is 0 Å². The van der Waals surface area contributed by atoms with Gasteiger partial charge in [-0.2, -0.15) is 0 Å². The third-order valence-corrected chi connectivity index (χ3v) is 6.35. The maximum atomic E-state index is 13.3. The zero-order valence-electron chi connectivity index (χ0n) is 18.7. The number of carbonyl (C=O) groups is 3. The maximum absolute atomic E-state index is 13.3. The first kappa shape index (κ1) is 21.9. The summed E-state index contributed by atoms with van der Waals surface area (Å²) in [6.45, 7) is 4.00. The van der Waals surface area contributed by atoms with Crippen molar-refractivity contribution < 1.29 is 14.4 Å². The second-order valence-electron chi connectivity index (χ2n) is 8.54. The molecular formula is C25H30N4O3. The number of amides is 4. The topological polar surface area (TPSA) is 64.2 Å². The molecule has 168 valence electrons. The highest BCUT2D eigenvalue weighted by atomic mass is 16.2. The Morgan fingerprint density at radius 2 is 1.59 bits per heavy atom. The van der Waals surface area contributed by atoms with Gasteiger partial charge < -0.3 is 19.6 Å². The fourth-order valence-electron chi connectivity index (χ4n) is 4.65. The number of hydrogen-bond acceptors (Lipinski definition) is 3. The second kappa shape index (κ2) is 9.42. The Kier molecular flexibility index (Phi) is 6.44. The van der Waals surface area contributed by atoms with Gasteiger partial charge in [0.25, 0.3) is 0 Å². The SMILES string of the molecule is CCN(Cc1ccccc1)C(=O)CN1C[C@H]2CN(C)C(=O)[C@H](Cc3ccccc3)N2C1=O. The summed E-state index contributed by atoms with van der Waals surface area (Å²) < 4.78 is 0. The summed E-state index contributed by atoms with van der Waals surface area (Å²) >= 11 is 0. The summed E-state index contributed by atoms with van der Waals surface area (Å²) in [6, 6.07) is 18.7. The first-order chi connectivity index (χ1) is 15.5. The van der Waals surface area contributed by atoms with Gasteiger partial charge in [0.2, 0.25) is 11.8 Å². The Bertz CT molecular complexity index is 966. The van der Waals surface area contributed by atoms with Crippen LogP contribution in [-0.4, -0.2) is 82.8 Å². The van der Waals surface area contributed by atoms with Crippen molar-refractivity contribution >= 4 is 17.8 Å². The molecule has 4 amide bonds. The standard InChI is InChI=1S/C25H30N4O3/c1-3-27(15-20-12-8-5-9-13-20)23(30)18-28-17-21-16-26(2)24(31)22(29(21)25(28)32)14-19-10-6-4-7-11-19/h4-13,21-22H,3,14-18H2,1-2H3/t21-,22+/m1/s1. The molecule has 2 fully saturated rings. The fourth-order valence-corrected chi connectivity index (χ4v) is 4.65. The molecular weight excluding hydrogens is 404 g/mol. The molecule has 7 heteroatoms. The van der Waals surface area contributed by atoms with E-state index in [2.05, 4.69) is 0 Å². The van der Waals surface area contributed by atoms with Gasteiger partial charge in [0.05, 0.1) is 6.04 Å². The lowest BCUT2D eigenvalue weighted by Gasteiger charge is -2.40. The van der Waals surface area contributed by atoms with Crippen molar-refractivity contribution in [3.63, 3.8) is 0 Å². The molecule has 2 atom stereocenters. The Balaban J connectivity index is 1.47. The second-order valence-corrected chi connectivity index (χ2v) is 8.54. The van der Waals surface area contributed by atoms with Gasteiger partial charge in [0, 0.05) is 39.6 Å². The lowest BCUT2D eigenvalue weighted by atomic mass is 9.99. The minimum absolute atomic E-state index is 0.0302. The van der Waals surface area contributed by atoms with Gasteiger partial charge in [-0.1, -0.05) is 60.7 Å². The number of fused-ring (bicyclic) bond motifs is 1. The number of benzene rings is 2. The van der Waals surface area contributed by atoms with Crippen LogP contribution in [0, 0.1) is 0 Å². The Labute approximate surface area is 189 Å². The molecule has 32 heavy (non-hydrogen) atoms. The van der Waals surface area contributed by atoms with E-state index in [-0.39, 0.29) is 30.4 Å². The van der Waals surface area contributed by atoms with E-state index < -0.39 is 6.04 Å². The van der Waals surface area contributed by atoms with Crippen molar-refractivity contribution in [2.24, 2.45) is 0 Å². The van der Waals surface area contributed by atoms with Crippen LogP contribution >= 0.6 is 0 Å². The highest BCUT2D eigenvalue weighted by Crippen LogP contribution is 2.27. The number of carbonyl (C=O) groups excluding carboxylic acids is 3. The molecule has 0 aliphatic carbocycles. The monoisotopic (exact) mass is 434 g/mol. The summed E-state index contributed by atoms with van der Waals surface area (Å²) in [5.74, 6) is -0.130. The van der Waals surface area contributed by atoms with Crippen molar-refractivity contribution in [1.82, 2.24) is 19.6 Å². The lowest BCUT2D eigenvalue weighted by molar-refractivity contribution is -0.139. The predicted octanol–water partition coefficient (Wildman–Crippen LogP) is 2.22. The van der Waals surface area contributed by atoms with Gasteiger partial charge in [-0.15, -0.1) is 0 Å². The number of rotatable bonds is 7. The average Bonchev–Trinajstić information content (AvgIpc) is 3.11. The number of urea groups is 1. The zero-order valence-corrected chi connectivity index (χ0v) is 18.7. The average molecular weight is 435 g/mol. The fraction of sp³-hybridized carbons (Fsp3) is 0.400. The van der Waals surface area contributed by atoms with Crippen LogP contribution in [0.3, 0.4) is 0 Å². The van der Waals surface area contributed by atoms with Gasteiger partial charge in [-0.3, -0.25) is 9.59 Å². The molecule has 0 spiro atoms. The molecule has 7 nitrogen and oxygen atoms in total. The van der Waals surface area contributed by atoms with Crippen LogP contribution in [0.4, 0.5) is 4.79 Å². The minimum atomic E-state index is -0.541. The smallest absolute Gasteiger partial charge is 0.321 e. The zero-order chi connectivity index (χ0) is 22.7. The van der Waals surface area contributed by atoms with Crippen molar-refractivity contribution in [2.45, 2.75) is 32.0 Å². The van der Waals surface area contributed by atoms with E-state index in [1.807, 2.05) is 67.6 Å². The quantitative estimate of drug-likeness (QED) is 0.671. The Morgan fingerprint density at radius 3 is 2.22 bits per heavy atom. The molecule has 0 N–H and O–H groups in total. The van der Waals surface area contributed by atoms with Crippen LogP contribution in [0.5, 0.6) is 0 Å². The number of hydrogen-bond donors (Lipinski definition) is 0. The van der Waals surface area contributed by atoms with Crippen molar-refractivity contribution in [3.8, 4) is 0 Å². The summed E-state index contributed by atoms with van der Waals surface area (Å²) in [6.07, 6.45) is 0.475. The Morgan fingerprint density at radius 1 is 0.969 bits per heavy atom. The molecule has 2 saturated heterocycles.